The van der Waals surface area contributed by atoms with Gasteiger partial charge in [0, 0.05) is 34.6 Å². The van der Waals surface area contributed by atoms with E-state index in [4.69, 9.17) is 23.7 Å². The van der Waals surface area contributed by atoms with Crippen LogP contribution in [0.3, 0.4) is 0 Å². The third-order valence-electron chi connectivity index (χ3n) is 3.45. The maximum Gasteiger partial charge on any atom is 0.303 e. The molecule has 11 nitrogen and oxygen atoms in total. The maximum absolute atomic E-state index is 13.0. The molecule has 1 saturated heterocycles. The molecule has 0 N–H and O–H groups in total. The van der Waals surface area contributed by atoms with Crippen molar-refractivity contribution in [2.75, 3.05) is 6.61 Å². The second-order valence-electron chi connectivity index (χ2n) is 5.87. The Labute approximate surface area is 163 Å². The van der Waals surface area contributed by atoms with Crippen LogP contribution in [-0.4, -0.2) is 69.7 Å². The Morgan fingerprint density at radius 2 is 1.07 bits per heavy atom. The molecule has 0 spiro atoms. The van der Waals surface area contributed by atoms with Crippen molar-refractivity contribution in [2.45, 2.75) is 63.6 Å². The second-order valence-corrected chi connectivity index (χ2v) is 7.60. The molecule has 0 radical (unpaired) electrons. The third kappa shape index (κ3) is 6.59. The molecule has 0 bridgehead atoms. The van der Waals surface area contributed by atoms with Crippen molar-refractivity contribution >= 4 is 40.6 Å². The number of hydrogen-bond donors (Lipinski definition) is 0. The number of esters is 5. The number of carbonyl (C=O) groups is 5. The van der Waals surface area contributed by atoms with E-state index in [0.717, 1.165) is 34.6 Å². The molecule has 1 heterocycles. The standard InChI is InChI=1S/C16H22O11S/c1-7(17)23-6-12-13(24-8(2)18)14(25-9(3)19)15(26-10(4)20)16(28(12)22)27-11(5)21/h12-16H,6H2,1-5H3/t12-,13-,14+,15+,16+,28-/m1/s1. The summed E-state index contributed by atoms with van der Waals surface area (Å²) in [6.45, 7) is 4.84. The van der Waals surface area contributed by atoms with Crippen LogP contribution in [0.1, 0.15) is 34.6 Å². The van der Waals surface area contributed by atoms with E-state index in [2.05, 4.69) is 0 Å². The molecule has 0 aliphatic carbocycles. The highest BCUT2D eigenvalue weighted by molar-refractivity contribution is 7.86. The van der Waals surface area contributed by atoms with E-state index in [1.807, 2.05) is 0 Å². The highest BCUT2D eigenvalue weighted by atomic mass is 32.2. The van der Waals surface area contributed by atoms with Gasteiger partial charge in [-0.1, -0.05) is 0 Å². The number of hydrogen-bond acceptors (Lipinski definition) is 11. The number of ether oxygens (including phenoxy) is 5. The minimum absolute atomic E-state index is 0.484. The van der Waals surface area contributed by atoms with E-state index in [0.29, 0.717) is 0 Å². The van der Waals surface area contributed by atoms with Gasteiger partial charge in [0.05, 0.1) is 10.8 Å². The van der Waals surface area contributed by atoms with Crippen molar-refractivity contribution in [1.82, 2.24) is 0 Å². The molecule has 0 aromatic heterocycles. The van der Waals surface area contributed by atoms with Gasteiger partial charge in [0.1, 0.15) is 11.9 Å². The van der Waals surface area contributed by atoms with Crippen molar-refractivity contribution in [3.63, 3.8) is 0 Å². The number of rotatable bonds is 6. The van der Waals surface area contributed by atoms with Gasteiger partial charge in [-0.2, -0.15) is 0 Å². The summed E-state index contributed by atoms with van der Waals surface area (Å²) in [5.41, 5.74) is -1.54. The summed E-state index contributed by atoms with van der Waals surface area (Å²) in [6.07, 6.45) is -4.35. The zero-order valence-corrected chi connectivity index (χ0v) is 16.8. The Morgan fingerprint density at radius 1 is 0.643 bits per heavy atom. The lowest BCUT2D eigenvalue weighted by molar-refractivity contribution is -0.195. The fourth-order valence-electron chi connectivity index (χ4n) is 2.60. The first kappa shape index (κ1) is 23.5. The Hall–Kier alpha value is -2.50. The highest BCUT2D eigenvalue weighted by Gasteiger charge is 2.56. The zero-order chi connectivity index (χ0) is 21.6. The molecule has 0 aromatic carbocycles. The van der Waals surface area contributed by atoms with Crippen LogP contribution >= 0.6 is 0 Å². The molecule has 1 rings (SSSR count). The molecular formula is C16H22O11S. The smallest absolute Gasteiger partial charge is 0.303 e. The number of carbonyl (C=O) groups excluding carboxylic acids is 5. The fraction of sp³-hybridized carbons (Fsp3) is 0.688. The van der Waals surface area contributed by atoms with Crippen molar-refractivity contribution in [2.24, 2.45) is 0 Å². The summed E-state index contributed by atoms with van der Waals surface area (Å²) >= 11 is 0. The van der Waals surface area contributed by atoms with Crippen molar-refractivity contribution < 1.29 is 51.9 Å². The Morgan fingerprint density at radius 3 is 1.50 bits per heavy atom. The molecule has 158 valence electrons. The topological polar surface area (TPSA) is 149 Å². The van der Waals surface area contributed by atoms with E-state index in [1.54, 1.807) is 0 Å². The molecule has 12 heteroatoms. The van der Waals surface area contributed by atoms with Crippen LogP contribution in [0.25, 0.3) is 0 Å². The van der Waals surface area contributed by atoms with E-state index in [1.165, 1.54) is 0 Å². The van der Waals surface area contributed by atoms with E-state index in [9.17, 15) is 28.2 Å². The molecule has 0 aromatic rings. The van der Waals surface area contributed by atoms with Gasteiger partial charge < -0.3 is 23.7 Å². The molecule has 0 amide bonds. The van der Waals surface area contributed by atoms with Gasteiger partial charge in [-0.25, -0.2) is 0 Å². The molecule has 1 aliphatic heterocycles. The lowest BCUT2D eigenvalue weighted by Gasteiger charge is -2.42. The lowest BCUT2D eigenvalue weighted by Crippen LogP contribution is -2.64. The quantitative estimate of drug-likeness (QED) is 0.397. The van der Waals surface area contributed by atoms with Crippen LogP contribution in [0.4, 0.5) is 0 Å². The summed E-state index contributed by atoms with van der Waals surface area (Å²) in [5, 5.41) is -1.21. The predicted molar refractivity (Wildman–Crippen MR) is 90.8 cm³/mol. The molecule has 1 fully saturated rings. The van der Waals surface area contributed by atoms with Crippen LogP contribution in [0.15, 0.2) is 0 Å². The first-order valence-electron chi connectivity index (χ1n) is 8.15. The summed E-state index contributed by atoms with van der Waals surface area (Å²) < 4.78 is 38.3. The van der Waals surface area contributed by atoms with Crippen molar-refractivity contribution in [3.05, 3.63) is 0 Å². The van der Waals surface area contributed by atoms with Crippen molar-refractivity contribution in [1.29, 1.82) is 0 Å². The third-order valence-corrected chi connectivity index (χ3v) is 5.27. The average Bonchev–Trinajstić information content (AvgIpc) is 2.52. The largest absolute Gasteiger partial charge is 0.464 e. The lowest BCUT2D eigenvalue weighted by atomic mass is 10.0. The summed E-state index contributed by atoms with van der Waals surface area (Å²) in [5.74, 6) is -4.00. The van der Waals surface area contributed by atoms with Gasteiger partial charge in [-0.15, -0.1) is 0 Å². The monoisotopic (exact) mass is 422 g/mol. The van der Waals surface area contributed by atoms with Crippen LogP contribution in [0, 0.1) is 0 Å². The fourth-order valence-corrected chi connectivity index (χ4v) is 4.33. The average molecular weight is 422 g/mol. The van der Waals surface area contributed by atoms with Crippen LogP contribution in [0.2, 0.25) is 0 Å². The van der Waals surface area contributed by atoms with E-state index >= 15 is 0 Å². The normalized spacial score (nSPS) is 29.2. The first-order chi connectivity index (χ1) is 12.9. The Kier molecular flexibility index (Phi) is 8.54. The molecule has 1 aliphatic rings. The Bertz CT molecular complexity index is 674. The predicted octanol–water partition coefficient (Wildman–Crippen LogP) is -0.635. The molecule has 28 heavy (non-hydrogen) atoms. The maximum atomic E-state index is 13.0. The van der Waals surface area contributed by atoms with Gasteiger partial charge >= 0.3 is 29.8 Å². The zero-order valence-electron chi connectivity index (χ0n) is 16.0. The van der Waals surface area contributed by atoms with E-state index < -0.39 is 76.3 Å². The molecule has 0 saturated carbocycles. The molecule has 0 unspecified atom stereocenters. The van der Waals surface area contributed by atoms with Gasteiger partial charge in [-0.05, 0) is 0 Å². The van der Waals surface area contributed by atoms with Crippen molar-refractivity contribution in [3.8, 4) is 0 Å². The molecular weight excluding hydrogens is 400 g/mol. The minimum atomic E-state index is -2.15. The summed E-state index contributed by atoms with van der Waals surface area (Å²) in [7, 11) is -2.15. The van der Waals surface area contributed by atoms with E-state index in [-0.39, 0.29) is 0 Å². The van der Waals surface area contributed by atoms with Gasteiger partial charge in [0.2, 0.25) is 5.44 Å². The van der Waals surface area contributed by atoms with Gasteiger partial charge in [0.25, 0.3) is 0 Å². The first-order valence-corrected chi connectivity index (χ1v) is 9.43. The van der Waals surface area contributed by atoms with Crippen LogP contribution in [-0.2, 0) is 58.5 Å². The van der Waals surface area contributed by atoms with Crippen LogP contribution < -0.4 is 0 Å². The van der Waals surface area contributed by atoms with Crippen LogP contribution in [0.5, 0.6) is 0 Å². The Balaban J connectivity index is 3.45. The summed E-state index contributed by atoms with van der Waals surface area (Å²) in [6, 6.07) is 0. The second kappa shape index (κ2) is 10.2. The summed E-state index contributed by atoms with van der Waals surface area (Å²) in [4.78, 5) is 57.3. The van der Waals surface area contributed by atoms with Gasteiger partial charge in [0.15, 0.2) is 18.3 Å². The minimum Gasteiger partial charge on any atom is -0.464 e. The SMILES string of the molecule is CC(=O)OC[C@@H]1[C@@H](OC(C)=O)[C@H](OC(C)=O)[C@H](OC(C)=O)[C@@H](OC(C)=O)[S@@]1=O. The highest BCUT2D eigenvalue weighted by Crippen LogP contribution is 2.32. The van der Waals surface area contributed by atoms with Gasteiger partial charge in [-0.3, -0.25) is 28.2 Å². The molecule has 6 atom stereocenters.